The molecule has 1 atom stereocenters. The predicted octanol–water partition coefficient (Wildman–Crippen LogP) is 5.12. The zero-order chi connectivity index (χ0) is 27.7. The Balaban J connectivity index is 1.74. The monoisotopic (exact) mass is 606 g/mol. The number of thiazole rings is 1. The second-order valence-corrected chi connectivity index (χ2v) is 10.7. The fourth-order valence-corrected chi connectivity index (χ4v) is 6.40. The molecule has 5 rings (SSSR count). The van der Waals surface area contributed by atoms with Crippen molar-refractivity contribution in [2.24, 2.45) is 4.99 Å². The number of hydrogen-bond donors (Lipinski definition) is 0. The van der Waals surface area contributed by atoms with Gasteiger partial charge in [0.05, 0.1) is 46.6 Å². The molecule has 1 aliphatic heterocycles. The molecule has 3 aromatic carbocycles. The summed E-state index contributed by atoms with van der Waals surface area (Å²) in [6.07, 6.45) is 1.88. The summed E-state index contributed by atoms with van der Waals surface area (Å²) in [6, 6.07) is 16.6. The van der Waals surface area contributed by atoms with Crippen LogP contribution in [0.5, 0.6) is 11.5 Å². The van der Waals surface area contributed by atoms with Crippen LogP contribution in [0, 0.1) is 0 Å². The largest absolute Gasteiger partial charge is 0.496 e. The maximum absolute atomic E-state index is 14.0. The van der Waals surface area contributed by atoms with E-state index in [0.29, 0.717) is 37.4 Å². The van der Waals surface area contributed by atoms with Gasteiger partial charge in [0.25, 0.3) is 5.56 Å². The molecule has 1 aliphatic rings. The van der Waals surface area contributed by atoms with E-state index in [4.69, 9.17) is 14.2 Å². The van der Waals surface area contributed by atoms with Gasteiger partial charge in [0, 0.05) is 5.39 Å². The van der Waals surface area contributed by atoms with E-state index in [-0.39, 0.29) is 12.2 Å². The molecule has 0 aliphatic carbocycles. The fourth-order valence-electron chi connectivity index (χ4n) is 4.80. The SMILES string of the molecule is CCOC(=O)C1=C(C)N=c2s/c(=C/c3ccc(OCC)c4ccccc34)c(=O)n2[C@H]1c1ccc(OC)c(Br)c1. The van der Waals surface area contributed by atoms with Gasteiger partial charge in [-0.3, -0.25) is 9.36 Å². The van der Waals surface area contributed by atoms with Gasteiger partial charge in [0.2, 0.25) is 0 Å². The Labute approximate surface area is 237 Å². The van der Waals surface area contributed by atoms with Crippen LogP contribution in [-0.2, 0) is 9.53 Å². The van der Waals surface area contributed by atoms with Crippen molar-refractivity contribution in [2.75, 3.05) is 20.3 Å². The molecule has 0 radical (unpaired) electrons. The molecule has 0 N–H and O–H groups in total. The number of fused-ring (bicyclic) bond motifs is 2. The van der Waals surface area contributed by atoms with Gasteiger partial charge in [-0.1, -0.05) is 47.7 Å². The number of carbonyl (C=O) groups excluding carboxylic acids is 1. The van der Waals surface area contributed by atoms with E-state index in [1.165, 1.54) is 11.3 Å². The number of hydrogen-bond acceptors (Lipinski definition) is 7. The zero-order valence-electron chi connectivity index (χ0n) is 22.0. The highest BCUT2D eigenvalue weighted by Crippen LogP contribution is 2.35. The third kappa shape index (κ3) is 4.92. The lowest BCUT2D eigenvalue weighted by atomic mass is 9.96. The number of carbonyl (C=O) groups is 1. The quantitative estimate of drug-likeness (QED) is 0.273. The Morgan fingerprint density at radius 2 is 1.82 bits per heavy atom. The Kier molecular flexibility index (Phi) is 7.72. The minimum Gasteiger partial charge on any atom is -0.496 e. The van der Waals surface area contributed by atoms with Crippen LogP contribution in [0.4, 0.5) is 0 Å². The van der Waals surface area contributed by atoms with Crippen molar-refractivity contribution in [1.29, 1.82) is 0 Å². The lowest BCUT2D eigenvalue weighted by molar-refractivity contribution is -0.139. The molecule has 4 aromatic rings. The number of nitrogens with zero attached hydrogens (tertiary/aromatic N) is 2. The Bertz CT molecular complexity index is 1800. The highest BCUT2D eigenvalue weighted by atomic mass is 79.9. The average Bonchev–Trinajstić information content (AvgIpc) is 3.23. The van der Waals surface area contributed by atoms with Crippen LogP contribution in [0.3, 0.4) is 0 Å². The summed E-state index contributed by atoms with van der Waals surface area (Å²) in [4.78, 5) is 32.3. The van der Waals surface area contributed by atoms with Crippen LogP contribution < -0.4 is 24.4 Å². The van der Waals surface area contributed by atoms with Crippen molar-refractivity contribution in [3.8, 4) is 11.5 Å². The Morgan fingerprint density at radius 1 is 1.08 bits per heavy atom. The molecule has 0 saturated heterocycles. The van der Waals surface area contributed by atoms with Crippen LogP contribution in [0.25, 0.3) is 16.8 Å². The maximum atomic E-state index is 14.0. The van der Waals surface area contributed by atoms with E-state index in [2.05, 4.69) is 20.9 Å². The van der Waals surface area contributed by atoms with E-state index in [1.54, 1.807) is 31.6 Å². The number of allylic oxidation sites excluding steroid dienone is 1. The molecule has 200 valence electrons. The van der Waals surface area contributed by atoms with Crippen molar-refractivity contribution in [3.05, 3.63) is 101 Å². The Hall–Kier alpha value is -3.69. The molecule has 0 unspecified atom stereocenters. The number of aromatic nitrogens is 1. The van der Waals surface area contributed by atoms with E-state index in [0.717, 1.165) is 27.6 Å². The van der Waals surface area contributed by atoms with Crippen molar-refractivity contribution < 1.29 is 19.0 Å². The molecular weight excluding hydrogens is 580 g/mol. The average molecular weight is 608 g/mol. The summed E-state index contributed by atoms with van der Waals surface area (Å²) in [7, 11) is 1.58. The summed E-state index contributed by atoms with van der Waals surface area (Å²) >= 11 is 4.84. The number of rotatable bonds is 7. The van der Waals surface area contributed by atoms with Gasteiger partial charge in [-0.2, -0.15) is 0 Å². The van der Waals surface area contributed by atoms with Crippen molar-refractivity contribution in [3.63, 3.8) is 0 Å². The number of methoxy groups -OCH3 is 1. The third-order valence-corrected chi connectivity index (χ3v) is 8.12. The van der Waals surface area contributed by atoms with Crippen LogP contribution in [-0.4, -0.2) is 30.9 Å². The topological polar surface area (TPSA) is 79.1 Å². The summed E-state index contributed by atoms with van der Waals surface area (Å²) in [6.45, 7) is 6.25. The van der Waals surface area contributed by atoms with Crippen LogP contribution in [0.1, 0.15) is 37.9 Å². The van der Waals surface area contributed by atoms with Crippen LogP contribution in [0.15, 0.2) is 80.1 Å². The number of halogens is 1. The smallest absolute Gasteiger partial charge is 0.338 e. The molecule has 0 spiro atoms. The summed E-state index contributed by atoms with van der Waals surface area (Å²) in [5, 5.41) is 1.95. The van der Waals surface area contributed by atoms with Gasteiger partial charge in [-0.15, -0.1) is 0 Å². The van der Waals surface area contributed by atoms with E-state index in [1.807, 2.05) is 61.5 Å². The first-order valence-electron chi connectivity index (χ1n) is 12.6. The van der Waals surface area contributed by atoms with E-state index in [9.17, 15) is 9.59 Å². The molecule has 1 aromatic heterocycles. The second kappa shape index (κ2) is 11.2. The summed E-state index contributed by atoms with van der Waals surface area (Å²) < 4.78 is 19.4. The molecular formula is C30H27BrN2O5S. The van der Waals surface area contributed by atoms with Crippen molar-refractivity contribution in [1.82, 2.24) is 4.57 Å². The number of benzene rings is 3. The molecule has 0 bridgehead atoms. The van der Waals surface area contributed by atoms with Crippen LogP contribution >= 0.6 is 27.3 Å². The lowest BCUT2D eigenvalue weighted by Gasteiger charge is -2.25. The molecule has 0 saturated carbocycles. The minimum absolute atomic E-state index is 0.212. The fraction of sp³-hybridized carbons (Fsp3) is 0.233. The molecule has 0 fully saturated rings. The summed E-state index contributed by atoms with van der Waals surface area (Å²) in [5.41, 5.74) is 2.25. The highest BCUT2D eigenvalue weighted by molar-refractivity contribution is 9.10. The number of esters is 1. The third-order valence-electron chi connectivity index (χ3n) is 6.51. The van der Waals surface area contributed by atoms with Gasteiger partial charge in [-0.25, -0.2) is 9.79 Å². The van der Waals surface area contributed by atoms with Crippen LogP contribution in [0.2, 0.25) is 0 Å². The van der Waals surface area contributed by atoms with Gasteiger partial charge < -0.3 is 14.2 Å². The molecule has 7 nitrogen and oxygen atoms in total. The molecule has 2 heterocycles. The lowest BCUT2D eigenvalue weighted by Crippen LogP contribution is -2.40. The van der Waals surface area contributed by atoms with Gasteiger partial charge in [0.15, 0.2) is 4.80 Å². The van der Waals surface area contributed by atoms with E-state index < -0.39 is 12.0 Å². The molecule has 9 heteroatoms. The molecule has 0 amide bonds. The normalized spacial score (nSPS) is 15.2. The summed E-state index contributed by atoms with van der Waals surface area (Å²) in [5.74, 6) is 0.945. The zero-order valence-corrected chi connectivity index (χ0v) is 24.4. The first-order valence-corrected chi connectivity index (χ1v) is 14.2. The number of ether oxygens (including phenoxy) is 3. The van der Waals surface area contributed by atoms with Gasteiger partial charge in [-0.05, 0) is 77.5 Å². The maximum Gasteiger partial charge on any atom is 0.338 e. The van der Waals surface area contributed by atoms with Gasteiger partial charge >= 0.3 is 5.97 Å². The van der Waals surface area contributed by atoms with Crippen molar-refractivity contribution in [2.45, 2.75) is 26.8 Å². The standard InChI is InChI=1S/C30H27BrN2O5S/c1-5-37-23-13-11-18(20-9-7-8-10-21(20)23)16-25-28(34)33-27(19-12-14-24(36-4)22(31)15-19)26(29(35)38-6-2)17(3)32-30(33)39-25/h7-16,27H,5-6H2,1-4H3/b25-16+/t27-/m0/s1. The highest BCUT2D eigenvalue weighted by Gasteiger charge is 2.33. The minimum atomic E-state index is -0.707. The first kappa shape index (κ1) is 26.9. The first-order chi connectivity index (χ1) is 18.9. The predicted molar refractivity (Wildman–Crippen MR) is 156 cm³/mol. The molecule has 39 heavy (non-hydrogen) atoms. The van der Waals surface area contributed by atoms with Gasteiger partial charge in [0.1, 0.15) is 11.5 Å². The van der Waals surface area contributed by atoms with E-state index >= 15 is 0 Å². The second-order valence-electron chi connectivity index (χ2n) is 8.83. The van der Waals surface area contributed by atoms with Crippen molar-refractivity contribution >= 4 is 50.1 Å². The Morgan fingerprint density at radius 3 is 2.51 bits per heavy atom.